The van der Waals surface area contributed by atoms with E-state index in [-0.39, 0.29) is 11.9 Å². The molecule has 5 heteroatoms. The summed E-state index contributed by atoms with van der Waals surface area (Å²) >= 11 is 2.10. The first-order valence-electron chi connectivity index (χ1n) is 4.20. The lowest BCUT2D eigenvalue weighted by atomic mass is 10.3. The Hall–Kier alpha value is -1.29. The first-order chi connectivity index (χ1) is 7.02. The number of hydrogen-bond acceptors (Lipinski definition) is 2. The Labute approximate surface area is 102 Å². The molecule has 4 nitrogen and oxygen atoms in total. The summed E-state index contributed by atoms with van der Waals surface area (Å²) < 4.78 is 2.60. The standard InChI is InChI=1S/C10H11IN4/c1-4-6(2)15-5-7(11)8(10(15)13)9(12)14-3/h1,5-6,12H,3,13H2,2H3. The van der Waals surface area contributed by atoms with Crippen molar-refractivity contribution in [3.63, 3.8) is 0 Å². The van der Waals surface area contributed by atoms with Crippen LogP contribution in [0.4, 0.5) is 5.82 Å². The molecule has 0 saturated heterocycles. The molecule has 1 aromatic rings. The summed E-state index contributed by atoms with van der Waals surface area (Å²) in [6.07, 6.45) is 7.14. The van der Waals surface area contributed by atoms with Crippen LogP contribution in [0.3, 0.4) is 0 Å². The zero-order valence-electron chi connectivity index (χ0n) is 8.29. The first-order valence-corrected chi connectivity index (χ1v) is 5.28. The van der Waals surface area contributed by atoms with Crippen molar-refractivity contribution in [1.29, 1.82) is 5.41 Å². The Morgan fingerprint density at radius 1 is 1.87 bits per heavy atom. The number of halogens is 1. The van der Waals surface area contributed by atoms with Gasteiger partial charge in [0, 0.05) is 9.77 Å². The van der Waals surface area contributed by atoms with Gasteiger partial charge in [-0.1, -0.05) is 5.92 Å². The number of nitrogen functional groups attached to an aromatic ring is 1. The maximum absolute atomic E-state index is 7.59. The van der Waals surface area contributed by atoms with Crippen molar-refractivity contribution in [3.8, 4) is 12.3 Å². The molecule has 0 bridgehead atoms. The van der Waals surface area contributed by atoms with Gasteiger partial charge in [0.15, 0.2) is 5.84 Å². The van der Waals surface area contributed by atoms with Crippen molar-refractivity contribution in [2.24, 2.45) is 4.99 Å². The van der Waals surface area contributed by atoms with Gasteiger partial charge in [0.25, 0.3) is 0 Å². The van der Waals surface area contributed by atoms with Gasteiger partial charge in [0.1, 0.15) is 5.82 Å². The van der Waals surface area contributed by atoms with Gasteiger partial charge in [-0.3, -0.25) is 5.41 Å². The molecule has 0 aromatic carbocycles. The molecule has 1 atom stereocenters. The first kappa shape index (κ1) is 11.8. The molecule has 0 spiro atoms. The van der Waals surface area contributed by atoms with Gasteiger partial charge < -0.3 is 10.3 Å². The van der Waals surface area contributed by atoms with Crippen LogP contribution in [0.5, 0.6) is 0 Å². The van der Waals surface area contributed by atoms with Gasteiger partial charge in [-0.15, -0.1) is 6.42 Å². The lowest BCUT2D eigenvalue weighted by Crippen LogP contribution is -2.08. The third-order valence-corrected chi connectivity index (χ3v) is 2.90. The quantitative estimate of drug-likeness (QED) is 0.372. The highest BCUT2D eigenvalue weighted by molar-refractivity contribution is 14.1. The van der Waals surface area contributed by atoms with Crippen molar-refractivity contribution in [2.45, 2.75) is 13.0 Å². The summed E-state index contributed by atoms with van der Waals surface area (Å²) in [6, 6.07) is -0.134. The van der Waals surface area contributed by atoms with Crippen molar-refractivity contribution in [2.75, 3.05) is 5.73 Å². The number of aliphatic imine (C=N–C) groups is 1. The van der Waals surface area contributed by atoms with E-state index < -0.39 is 0 Å². The lowest BCUT2D eigenvalue weighted by Gasteiger charge is -2.09. The number of aromatic nitrogens is 1. The Morgan fingerprint density at radius 3 is 2.93 bits per heavy atom. The van der Waals surface area contributed by atoms with Gasteiger partial charge in [-0.05, 0) is 36.2 Å². The fourth-order valence-electron chi connectivity index (χ4n) is 1.22. The molecule has 15 heavy (non-hydrogen) atoms. The van der Waals surface area contributed by atoms with E-state index in [4.69, 9.17) is 17.6 Å². The van der Waals surface area contributed by atoms with E-state index in [1.54, 1.807) is 4.57 Å². The van der Waals surface area contributed by atoms with Crippen LogP contribution >= 0.6 is 22.6 Å². The molecular formula is C10H11IN4. The van der Waals surface area contributed by atoms with Gasteiger partial charge in [-0.25, -0.2) is 4.99 Å². The molecule has 1 rings (SSSR count). The Bertz CT molecular complexity index is 453. The summed E-state index contributed by atoms with van der Waals surface area (Å²) in [6.45, 7) is 5.17. The fraction of sp³-hybridized carbons (Fsp3) is 0.200. The van der Waals surface area contributed by atoms with Gasteiger partial charge in [-0.2, -0.15) is 0 Å². The molecule has 1 heterocycles. The number of nitrogens with two attached hydrogens (primary N) is 1. The maximum Gasteiger partial charge on any atom is 0.155 e. The SMILES string of the molecule is C#CC(C)n1cc(I)c(C(=N)N=C)c1N. The van der Waals surface area contributed by atoms with Crippen LogP contribution in [-0.2, 0) is 0 Å². The van der Waals surface area contributed by atoms with Crippen LogP contribution in [0.25, 0.3) is 0 Å². The highest BCUT2D eigenvalue weighted by Gasteiger charge is 2.17. The van der Waals surface area contributed by atoms with Crippen molar-refractivity contribution < 1.29 is 0 Å². The minimum absolute atomic E-state index is 0.0693. The second kappa shape index (κ2) is 4.49. The maximum atomic E-state index is 7.59. The van der Waals surface area contributed by atoms with Crippen LogP contribution < -0.4 is 5.73 Å². The number of nitrogens with zero attached hydrogens (tertiary/aromatic N) is 2. The smallest absolute Gasteiger partial charge is 0.155 e. The van der Waals surface area contributed by atoms with E-state index >= 15 is 0 Å². The number of amidine groups is 1. The van der Waals surface area contributed by atoms with Crippen LogP contribution in [0.1, 0.15) is 18.5 Å². The third-order valence-electron chi connectivity index (χ3n) is 2.08. The molecule has 78 valence electrons. The predicted octanol–water partition coefficient (Wildman–Crippen LogP) is 1.90. The van der Waals surface area contributed by atoms with Crippen LogP contribution in [0.15, 0.2) is 11.2 Å². The van der Waals surface area contributed by atoms with E-state index in [1.807, 2.05) is 13.1 Å². The highest BCUT2D eigenvalue weighted by Crippen LogP contribution is 2.25. The Kier molecular flexibility index (Phi) is 3.52. The average molecular weight is 314 g/mol. The van der Waals surface area contributed by atoms with Gasteiger partial charge >= 0.3 is 0 Å². The van der Waals surface area contributed by atoms with Crippen molar-refractivity contribution in [3.05, 3.63) is 15.3 Å². The normalized spacial score (nSPS) is 11.8. The summed E-state index contributed by atoms with van der Waals surface area (Å²) in [5, 5.41) is 7.59. The number of hydrogen-bond donors (Lipinski definition) is 2. The minimum Gasteiger partial charge on any atom is -0.384 e. The Morgan fingerprint density at radius 2 is 2.47 bits per heavy atom. The summed E-state index contributed by atoms with van der Waals surface area (Å²) in [5.41, 5.74) is 6.48. The molecular weight excluding hydrogens is 303 g/mol. The molecule has 0 saturated carbocycles. The molecule has 1 unspecified atom stereocenters. The molecule has 0 aliphatic rings. The third kappa shape index (κ3) is 2.04. The number of nitrogens with one attached hydrogen (secondary N) is 1. The van der Waals surface area contributed by atoms with E-state index in [0.717, 1.165) is 3.57 Å². The second-order valence-electron chi connectivity index (χ2n) is 2.99. The predicted molar refractivity (Wildman–Crippen MR) is 71.5 cm³/mol. The van der Waals surface area contributed by atoms with E-state index in [2.05, 4.69) is 40.2 Å². The Balaban J connectivity index is 3.33. The van der Waals surface area contributed by atoms with Crippen molar-refractivity contribution in [1.82, 2.24) is 4.57 Å². The van der Waals surface area contributed by atoms with Gasteiger partial charge in [0.05, 0.1) is 11.6 Å². The largest absolute Gasteiger partial charge is 0.384 e. The zero-order valence-corrected chi connectivity index (χ0v) is 10.4. The van der Waals surface area contributed by atoms with E-state index in [1.165, 1.54) is 0 Å². The van der Waals surface area contributed by atoms with Crippen LogP contribution in [-0.4, -0.2) is 17.1 Å². The fourth-order valence-corrected chi connectivity index (χ4v) is 2.05. The number of anilines is 1. The molecule has 0 aliphatic carbocycles. The van der Waals surface area contributed by atoms with Crippen LogP contribution in [0.2, 0.25) is 0 Å². The molecule has 1 aromatic heterocycles. The minimum atomic E-state index is -0.134. The second-order valence-corrected chi connectivity index (χ2v) is 4.16. The summed E-state index contributed by atoms with van der Waals surface area (Å²) in [5.74, 6) is 3.11. The van der Waals surface area contributed by atoms with Gasteiger partial charge in [0.2, 0.25) is 0 Å². The summed E-state index contributed by atoms with van der Waals surface area (Å²) in [4.78, 5) is 3.56. The average Bonchev–Trinajstić information content (AvgIpc) is 2.52. The van der Waals surface area contributed by atoms with Crippen LogP contribution in [0, 0.1) is 21.3 Å². The van der Waals surface area contributed by atoms with E-state index in [0.29, 0.717) is 11.4 Å². The molecule has 0 fully saturated rings. The van der Waals surface area contributed by atoms with Crippen molar-refractivity contribution >= 4 is 41.0 Å². The molecule has 0 aliphatic heterocycles. The topological polar surface area (TPSA) is 67.2 Å². The van der Waals surface area contributed by atoms with E-state index in [9.17, 15) is 0 Å². The molecule has 0 amide bonds. The number of rotatable bonds is 2. The molecule has 3 N–H and O–H groups in total. The summed E-state index contributed by atoms with van der Waals surface area (Å²) in [7, 11) is 0. The lowest BCUT2D eigenvalue weighted by molar-refractivity contribution is 0.695. The monoisotopic (exact) mass is 314 g/mol. The zero-order chi connectivity index (χ0) is 11.6. The number of terminal acetylenes is 1. The molecule has 0 radical (unpaired) electrons. The highest BCUT2D eigenvalue weighted by atomic mass is 127.